The third-order valence-electron chi connectivity index (χ3n) is 5.01. The zero-order chi connectivity index (χ0) is 17.9. The third-order valence-corrected chi connectivity index (χ3v) is 5.01. The van der Waals surface area contributed by atoms with E-state index in [9.17, 15) is 4.39 Å². The Morgan fingerprint density at radius 1 is 1.04 bits per heavy atom. The van der Waals surface area contributed by atoms with Crippen molar-refractivity contribution < 1.29 is 4.39 Å². The highest BCUT2D eigenvalue weighted by Crippen LogP contribution is 2.31. The lowest BCUT2D eigenvalue weighted by molar-refractivity contribution is 0.462. The monoisotopic (exact) mass is 351 g/mol. The molecule has 2 aromatic heterocycles. The fourth-order valence-electron chi connectivity index (χ4n) is 3.58. The molecule has 2 heterocycles. The van der Waals surface area contributed by atoms with Crippen molar-refractivity contribution in [3.8, 4) is 11.1 Å². The Morgan fingerprint density at radius 3 is 2.69 bits per heavy atom. The minimum atomic E-state index is -0.310. The fourth-order valence-corrected chi connectivity index (χ4v) is 3.58. The van der Waals surface area contributed by atoms with Gasteiger partial charge in [-0.3, -0.25) is 4.98 Å². The number of anilines is 2. The molecule has 0 saturated heterocycles. The van der Waals surface area contributed by atoms with Gasteiger partial charge in [0.25, 0.3) is 0 Å². The highest BCUT2D eigenvalue weighted by Gasteiger charge is 2.17. The van der Waals surface area contributed by atoms with Crippen LogP contribution < -0.4 is 10.6 Å². The number of aromatic nitrogens is 3. The molecule has 3 aromatic rings. The summed E-state index contributed by atoms with van der Waals surface area (Å²) >= 11 is 0. The molecule has 0 amide bonds. The molecule has 1 aromatic carbocycles. The highest BCUT2D eigenvalue weighted by atomic mass is 19.1. The van der Waals surface area contributed by atoms with Crippen molar-refractivity contribution in [2.45, 2.75) is 38.1 Å². The number of nitrogens with one attached hydrogen (secondary N) is 2. The van der Waals surface area contributed by atoms with Crippen LogP contribution in [-0.2, 0) is 0 Å². The lowest BCUT2D eigenvalue weighted by atomic mass is 9.95. The van der Waals surface area contributed by atoms with E-state index in [2.05, 4.69) is 25.6 Å². The topological polar surface area (TPSA) is 62.7 Å². The van der Waals surface area contributed by atoms with Gasteiger partial charge >= 0.3 is 0 Å². The van der Waals surface area contributed by atoms with E-state index >= 15 is 0 Å². The number of benzene rings is 1. The Morgan fingerprint density at radius 2 is 1.88 bits per heavy atom. The van der Waals surface area contributed by atoms with Crippen molar-refractivity contribution in [1.82, 2.24) is 15.0 Å². The lowest BCUT2D eigenvalue weighted by Gasteiger charge is -2.23. The summed E-state index contributed by atoms with van der Waals surface area (Å²) in [7, 11) is 1.82. The molecule has 0 atom stereocenters. The molecule has 26 heavy (non-hydrogen) atoms. The molecule has 6 heteroatoms. The van der Waals surface area contributed by atoms with Crippen LogP contribution in [0.4, 0.5) is 15.9 Å². The molecule has 1 aliphatic carbocycles. The van der Waals surface area contributed by atoms with Gasteiger partial charge in [0.1, 0.15) is 18.0 Å². The Balaban J connectivity index is 1.77. The molecule has 2 N–H and O–H groups in total. The maximum Gasteiger partial charge on any atom is 0.137 e. The van der Waals surface area contributed by atoms with Crippen molar-refractivity contribution in [3.63, 3.8) is 0 Å². The second-order valence-electron chi connectivity index (χ2n) is 6.76. The number of rotatable bonds is 4. The molecule has 0 radical (unpaired) electrons. The van der Waals surface area contributed by atoms with Crippen LogP contribution in [0.3, 0.4) is 0 Å². The van der Waals surface area contributed by atoms with Gasteiger partial charge < -0.3 is 10.6 Å². The van der Waals surface area contributed by atoms with Crippen molar-refractivity contribution >= 4 is 22.4 Å². The smallest absolute Gasteiger partial charge is 0.137 e. The summed E-state index contributed by atoms with van der Waals surface area (Å²) in [5, 5.41) is 7.42. The van der Waals surface area contributed by atoms with E-state index in [1.54, 1.807) is 12.4 Å². The van der Waals surface area contributed by atoms with Crippen molar-refractivity contribution in [2.75, 3.05) is 17.7 Å². The normalized spacial score (nSPS) is 15.2. The minimum absolute atomic E-state index is 0.310. The molecule has 0 aliphatic heterocycles. The van der Waals surface area contributed by atoms with Gasteiger partial charge in [-0.15, -0.1) is 0 Å². The number of pyridine rings is 1. The van der Waals surface area contributed by atoms with Gasteiger partial charge in [-0.05, 0) is 25.0 Å². The van der Waals surface area contributed by atoms with Crippen molar-refractivity contribution in [1.29, 1.82) is 0 Å². The summed E-state index contributed by atoms with van der Waals surface area (Å²) in [6, 6.07) is 5.61. The summed E-state index contributed by atoms with van der Waals surface area (Å²) < 4.78 is 14.7. The van der Waals surface area contributed by atoms with E-state index in [4.69, 9.17) is 0 Å². The van der Waals surface area contributed by atoms with E-state index in [0.717, 1.165) is 35.3 Å². The predicted octanol–water partition coefficient (Wildman–Crippen LogP) is 4.62. The minimum Gasteiger partial charge on any atom is -0.387 e. The first-order chi connectivity index (χ1) is 12.7. The Bertz CT molecular complexity index is 921. The molecular formula is C20H22FN5. The zero-order valence-electron chi connectivity index (χ0n) is 14.8. The molecule has 1 fully saturated rings. The summed E-state index contributed by atoms with van der Waals surface area (Å²) in [6.45, 7) is 0. The fraction of sp³-hybridized carbons (Fsp3) is 0.350. The van der Waals surface area contributed by atoms with Gasteiger partial charge in [0, 0.05) is 48.1 Å². The van der Waals surface area contributed by atoms with Gasteiger partial charge in [0.15, 0.2) is 0 Å². The van der Waals surface area contributed by atoms with Crippen LogP contribution in [0.25, 0.3) is 22.0 Å². The number of halogens is 1. The van der Waals surface area contributed by atoms with Gasteiger partial charge in [0.2, 0.25) is 0 Å². The van der Waals surface area contributed by atoms with E-state index in [1.165, 1.54) is 31.7 Å². The second kappa shape index (κ2) is 7.23. The molecule has 0 unspecified atom stereocenters. The lowest BCUT2D eigenvalue weighted by Crippen LogP contribution is -2.23. The van der Waals surface area contributed by atoms with Crippen LogP contribution in [0.15, 0.2) is 36.9 Å². The van der Waals surface area contributed by atoms with E-state index in [1.807, 2.05) is 19.2 Å². The first kappa shape index (κ1) is 16.7. The number of hydrogen-bond donors (Lipinski definition) is 2. The largest absolute Gasteiger partial charge is 0.387 e. The van der Waals surface area contributed by atoms with Crippen LogP contribution in [-0.4, -0.2) is 28.0 Å². The summed E-state index contributed by atoms with van der Waals surface area (Å²) in [5.74, 6) is 0.468. The number of nitrogens with zero attached hydrogens (tertiary/aromatic N) is 3. The summed E-state index contributed by atoms with van der Waals surface area (Å²) in [4.78, 5) is 12.9. The average Bonchev–Trinajstić information content (AvgIpc) is 2.68. The molecule has 5 nitrogen and oxygen atoms in total. The summed E-state index contributed by atoms with van der Waals surface area (Å²) in [5.41, 5.74) is 2.68. The quantitative estimate of drug-likeness (QED) is 0.718. The molecule has 0 bridgehead atoms. The van der Waals surface area contributed by atoms with Crippen LogP contribution in [0, 0.1) is 5.82 Å². The molecule has 134 valence electrons. The Kier molecular flexibility index (Phi) is 4.65. The van der Waals surface area contributed by atoms with Crippen LogP contribution in [0.5, 0.6) is 0 Å². The maximum atomic E-state index is 14.7. The van der Waals surface area contributed by atoms with Gasteiger partial charge in [-0.1, -0.05) is 19.3 Å². The summed E-state index contributed by atoms with van der Waals surface area (Å²) in [6.07, 6.45) is 10.9. The molecular weight excluding hydrogens is 329 g/mol. The predicted molar refractivity (Wildman–Crippen MR) is 103 cm³/mol. The Labute approximate surface area is 152 Å². The van der Waals surface area contributed by atoms with E-state index < -0.39 is 0 Å². The molecule has 0 spiro atoms. The second-order valence-corrected chi connectivity index (χ2v) is 6.76. The van der Waals surface area contributed by atoms with Crippen LogP contribution in [0.1, 0.15) is 32.1 Å². The molecule has 1 aliphatic rings. The SMILES string of the molecule is CNc1cncc(-c2cc3c(NC4CCCCC4)ncnc3cc2F)c1. The average molecular weight is 351 g/mol. The van der Waals surface area contributed by atoms with Gasteiger partial charge in [-0.2, -0.15) is 0 Å². The number of fused-ring (bicyclic) bond motifs is 1. The highest BCUT2D eigenvalue weighted by molar-refractivity contribution is 5.93. The Hall–Kier alpha value is -2.76. The van der Waals surface area contributed by atoms with E-state index in [0.29, 0.717) is 17.1 Å². The van der Waals surface area contributed by atoms with Crippen molar-refractivity contribution in [2.24, 2.45) is 0 Å². The standard InChI is InChI=1S/C20H22FN5/c1-22-15-7-13(10-23-11-15)16-8-17-19(9-18(16)21)24-12-25-20(17)26-14-5-3-2-4-6-14/h7-12,14,22H,2-6H2,1H3,(H,24,25,26). The zero-order valence-corrected chi connectivity index (χ0v) is 14.8. The van der Waals surface area contributed by atoms with Crippen LogP contribution >= 0.6 is 0 Å². The maximum absolute atomic E-state index is 14.7. The molecule has 4 rings (SSSR count). The first-order valence-electron chi connectivity index (χ1n) is 9.08. The van der Waals surface area contributed by atoms with Gasteiger partial charge in [0.05, 0.1) is 11.2 Å². The van der Waals surface area contributed by atoms with Crippen LogP contribution in [0.2, 0.25) is 0 Å². The third kappa shape index (κ3) is 3.31. The van der Waals surface area contributed by atoms with E-state index in [-0.39, 0.29) is 5.82 Å². The molecule has 1 saturated carbocycles. The van der Waals surface area contributed by atoms with Crippen molar-refractivity contribution in [3.05, 3.63) is 42.7 Å². The number of hydrogen-bond acceptors (Lipinski definition) is 5. The first-order valence-corrected chi connectivity index (χ1v) is 9.08. The van der Waals surface area contributed by atoms with Gasteiger partial charge in [-0.25, -0.2) is 14.4 Å².